The average molecular weight is 370 g/mol. The van der Waals surface area contributed by atoms with Gasteiger partial charge in [-0.25, -0.2) is 13.1 Å². The molecule has 5 nitrogen and oxygen atoms in total. The number of halogens is 1. The van der Waals surface area contributed by atoms with Crippen molar-refractivity contribution >= 4 is 43.0 Å². The number of nitrogens with two attached hydrogens (primary N) is 1. The van der Waals surface area contributed by atoms with E-state index in [4.69, 9.17) is 5.73 Å². The van der Waals surface area contributed by atoms with Crippen LogP contribution in [0.4, 0.5) is 17.1 Å². The maximum atomic E-state index is 12.0. The zero-order valence-electron chi connectivity index (χ0n) is 11.4. The Hall–Kier alpha value is -1.57. The van der Waals surface area contributed by atoms with Gasteiger partial charge in [-0.3, -0.25) is 0 Å². The van der Waals surface area contributed by atoms with E-state index in [9.17, 15) is 8.42 Å². The summed E-state index contributed by atoms with van der Waals surface area (Å²) in [4.78, 5) is 0.177. The number of anilines is 3. The molecule has 21 heavy (non-hydrogen) atoms. The number of hydrogen-bond donors (Lipinski definition) is 3. The molecule has 0 heterocycles. The van der Waals surface area contributed by atoms with Crippen LogP contribution in [-0.4, -0.2) is 15.0 Å². The summed E-state index contributed by atoms with van der Waals surface area (Å²) in [5.74, 6) is 0. The number of hydrogen-bond acceptors (Lipinski definition) is 4. The van der Waals surface area contributed by atoms with Crippen LogP contribution in [0, 0.1) is 0 Å². The van der Waals surface area contributed by atoms with Crippen molar-refractivity contribution in [1.29, 1.82) is 0 Å². The second-order valence-corrected chi connectivity index (χ2v) is 7.07. The van der Waals surface area contributed by atoms with Gasteiger partial charge >= 0.3 is 0 Å². The van der Waals surface area contributed by atoms with Gasteiger partial charge in [0.15, 0.2) is 0 Å². The summed E-state index contributed by atoms with van der Waals surface area (Å²) in [6.45, 7) is 2.07. The van der Waals surface area contributed by atoms with Crippen LogP contribution >= 0.6 is 15.9 Å². The van der Waals surface area contributed by atoms with Crippen LogP contribution in [0.5, 0.6) is 0 Å². The molecule has 0 bridgehead atoms. The van der Waals surface area contributed by atoms with Gasteiger partial charge in [0.2, 0.25) is 10.0 Å². The van der Waals surface area contributed by atoms with Crippen LogP contribution in [-0.2, 0) is 10.0 Å². The van der Waals surface area contributed by atoms with Gasteiger partial charge in [0, 0.05) is 16.7 Å². The summed E-state index contributed by atoms with van der Waals surface area (Å²) in [5, 5.41) is 3.12. The third kappa shape index (κ3) is 3.96. The van der Waals surface area contributed by atoms with Crippen molar-refractivity contribution < 1.29 is 8.42 Å². The molecular formula is C14H16BrN3O2S. The molecule has 7 heteroatoms. The molecular weight excluding hydrogens is 354 g/mol. The van der Waals surface area contributed by atoms with E-state index >= 15 is 0 Å². The number of sulfonamides is 1. The van der Waals surface area contributed by atoms with Crippen LogP contribution in [0.1, 0.15) is 6.92 Å². The van der Waals surface area contributed by atoms with Crippen molar-refractivity contribution in [2.24, 2.45) is 0 Å². The van der Waals surface area contributed by atoms with Crippen LogP contribution in [0.25, 0.3) is 0 Å². The highest BCUT2D eigenvalue weighted by Crippen LogP contribution is 2.27. The Labute approximate surface area is 132 Å². The first kappa shape index (κ1) is 15.8. The molecule has 4 N–H and O–H groups in total. The van der Waals surface area contributed by atoms with Crippen LogP contribution in [0.15, 0.2) is 51.8 Å². The number of nitrogen functional groups attached to an aromatic ring is 1. The fourth-order valence-corrected chi connectivity index (χ4v) is 3.27. The Bertz CT molecular complexity index is 748. The molecule has 0 unspecified atom stereocenters. The highest BCUT2D eigenvalue weighted by atomic mass is 79.9. The zero-order chi connectivity index (χ0) is 15.5. The highest BCUT2D eigenvalue weighted by Gasteiger charge is 2.14. The topological polar surface area (TPSA) is 84.2 Å². The lowest BCUT2D eigenvalue weighted by molar-refractivity contribution is 0.584. The van der Waals surface area contributed by atoms with E-state index in [0.717, 1.165) is 10.2 Å². The Morgan fingerprint density at radius 3 is 2.62 bits per heavy atom. The minimum Gasteiger partial charge on any atom is -0.397 e. The molecule has 0 radical (unpaired) electrons. The van der Waals surface area contributed by atoms with Crippen molar-refractivity contribution in [3.8, 4) is 0 Å². The summed E-state index contributed by atoms with van der Waals surface area (Å²) in [7, 11) is -3.50. The van der Waals surface area contributed by atoms with Gasteiger partial charge in [-0.2, -0.15) is 0 Å². The van der Waals surface area contributed by atoms with E-state index < -0.39 is 10.0 Å². The normalized spacial score (nSPS) is 11.3. The lowest BCUT2D eigenvalue weighted by Gasteiger charge is -2.12. The van der Waals surface area contributed by atoms with Gasteiger partial charge in [0.25, 0.3) is 0 Å². The standard InChI is InChI=1S/C14H16BrN3O2S/c1-2-17-21(19,20)12-6-7-13(16)14(9-12)18-11-5-3-4-10(15)8-11/h3-9,17-18H,2,16H2,1H3. The third-order valence-corrected chi connectivity index (χ3v) is 4.81. The Morgan fingerprint density at radius 1 is 1.19 bits per heavy atom. The van der Waals surface area contributed by atoms with Crippen LogP contribution in [0.3, 0.4) is 0 Å². The van der Waals surface area contributed by atoms with Gasteiger partial charge in [-0.1, -0.05) is 28.9 Å². The summed E-state index contributed by atoms with van der Waals surface area (Å²) in [5.41, 5.74) is 7.74. The molecule has 2 rings (SSSR count). The van der Waals surface area contributed by atoms with Gasteiger partial charge in [-0.15, -0.1) is 0 Å². The molecule has 0 aliphatic carbocycles. The first-order valence-corrected chi connectivity index (χ1v) is 8.62. The summed E-state index contributed by atoms with van der Waals surface area (Å²) >= 11 is 3.38. The molecule has 0 spiro atoms. The quantitative estimate of drug-likeness (QED) is 0.707. The van der Waals surface area contributed by atoms with Gasteiger partial charge in [-0.05, 0) is 36.4 Å². The Kier molecular flexibility index (Phi) is 4.87. The molecule has 0 fully saturated rings. The number of benzene rings is 2. The molecule has 2 aromatic rings. The summed E-state index contributed by atoms with van der Waals surface area (Å²) < 4.78 is 27.4. The second-order valence-electron chi connectivity index (χ2n) is 4.39. The molecule has 0 saturated heterocycles. The van der Waals surface area contributed by atoms with Crippen molar-refractivity contribution in [3.63, 3.8) is 0 Å². The maximum Gasteiger partial charge on any atom is 0.240 e. The molecule has 0 aliphatic heterocycles. The van der Waals surface area contributed by atoms with E-state index in [0.29, 0.717) is 17.9 Å². The number of nitrogens with one attached hydrogen (secondary N) is 2. The van der Waals surface area contributed by atoms with E-state index in [2.05, 4.69) is 26.0 Å². The van der Waals surface area contributed by atoms with Crippen LogP contribution in [0.2, 0.25) is 0 Å². The minimum atomic E-state index is -3.50. The fourth-order valence-electron chi connectivity index (χ4n) is 1.81. The smallest absolute Gasteiger partial charge is 0.240 e. The summed E-state index contributed by atoms with van der Waals surface area (Å²) in [6, 6.07) is 12.1. The third-order valence-electron chi connectivity index (χ3n) is 2.77. The predicted molar refractivity (Wildman–Crippen MR) is 89.1 cm³/mol. The van der Waals surface area contributed by atoms with Crippen molar-refractivity contribution in [3.05, 3.63) is 46.9 Å². The van der Waals surface area contributed by atoms with E-state index in [1.807, 2.05) is 24.3 Å². The maximum absolute atomic E-state index is 12.0. The highest BCUT2D eigenvalue weighted by molar-refractivity contribution is 9.10. The lowest BCUT2D eigenvalue weighted by Crippen LogP contribution is -2.23. The largest absolute Gasteiger partial charge is 0.397 e. The molecule has 0 aromatic heterocycles. The Balaban J connectivity index is 2.36. The van der Waals surface area contributed by atoms with E-state index in [-0.39, 0.29) is 4.90 Å². The monoisotopic (exact) mass is 369 g/mol. The SMILES string of the molecule is CCNS(=O)(=O)c1ccc(N)c(Nc2cccc(Br)c2)c1. The lowest BCUT2D eigenvalue weighted by atomic mass is 10.2. The van der Waals surface area contributed by atoms with E-state index in [1.165, 1.54) is 12.1 Å². The Morgan fingerprint density at radius 2 is 1.95 bits per heavy atom. The molecule has 0 atom stereocenters. The van der Waals surface area contributed by atoms with Gasteiger partial charge in [0.1, 0.15) is 0 Å². The van der Waals surface area contributed by atoms with Crippen molar-refractivity contribution in [1.82, 2.24) is 4.72 Å². The molecule has 0 aliphatic rings. The van der Waals surface area contributed by atoms with E-state index in [1.54, 1.807) is 13.0 Å². The second kappa shape index (κ2) is 6.46. The first-order chi connectivity index (χ1) is 9.92. The molecule has 0 amide bonds. The fraction of sp³-hybridized carbons (Fsp3) is 0.143. The predicted octanol–water partition coefficient (Wildman–Crippen LogP) is 3.07. The minimum absolute atomic E-state index is 0.177. The zero-order valence-corrected chi connectivity index (χ0v) is 13.8. The van der Waals surface area contributed by atoms with Gasteiger partial charge < -0.3 is 11.1 Å². The van der Waals surface area contributed by atoms with Crippen molar-refractivity contribution in [2.75, 3.05) is 17.6 Å². The van der Waals surface area contributed by atoms with Crippen molar-refractivity contribution in [2.45, 2.75) is 11.8 Å². The van der Waals surface area contributed by atoms with Crippen LogP contribution < -0.4 is 15.8 Å². The molecule has 2 aromatic carbocycles. The number of rotatable bonds is 5. The molecule has 112 valence electrons. The summed E-state index contributed by atoms with van der Waals surface area (Å²) in [6.07, 6.45) is 0. The average Bonchev–Trinajstić information content (AvgIpc) is 2.41. The van der Waals surface area contributed by atoms with Gasteiger partial charge in [0.05, 0.1) is 16.3 Å². The first-order valence-electron chi connectivity index (χ1n) is 6.34. The molecule has 0 saturated carbocycles.